The van der Waals surface area contributed by atoms with Crippen LogP contribution < -0.4 is 15.4 Å². The molecular weight excluding hydrogens is 527 g/mol. The number of ether oxygens (including phenoxy) is 2. The van der Waals surface area contributed by atoms with E-state index in [1.165, 1.54) is 9.75 Å². The van der Waals surface area contributed by atoms with E-state index < -0.39 is 0 Å². The van der Waals surface area contributed by atoms with E-state index in [0.29, 0.717) is 12.3 Å². The monoisotopic (exact) mass is 560 g/mol. The van der Waals surface area contributed by atoms with Crippen molar-refractivity contribution in [1.29, 1.82) is 0 Å². The molecule has 9 heteroatoms. The average molecular weight is 561 g/mol. The Bertz CT molecular complexity index is 840. The van der Waals surface area contributed by atoms with Gasteiger partial charge in [-0.15, -0.1) is 35.3 Å². The number of methoxy groups -OCH3 is 1. The highest BCUT2D eigenvalue weighted by Gasteiger charge is 2.24. The van der Waals surface area contributed by atoms with Crippen molar-refractivity contribution >= 4 is 41.3 Å². The molecule has 0 amide bonds. The van der Waals surface area contributed by atoms with Crippen LogP contribution >= 0.6 is 35.3 Å². The number of para-hydroxylation sites is 1. The van der Waals surface area contributed by atoms with Crippen LogP contribution in [0.5, 0.6) is 11.5 Å². The van der Waals surface area contributed by atoms with Gasteiger partial charge in [0.2, 0.25) is 0 Å². The maximum atomic E-state index is 10.3. The van der Waals surface area contributed by atoms with Gasteiger partial charge < -0.3 is 25.2 Å². The van der Waals surface area contributed by atoms with Crippen molar-refractivity contribution in [3.05, 3.63) is 45.6 Å². The Morgan fingerprint density at radius 2 is 2.03 bits per heavy atom. The minimum absolute atomic E-state index is 0. The highest BCUT2D eigenvalue weighted by Crippen LogP contribution is 2.30. The van der Waals surface area contributed by atoms with Gasteiger partial charge in [0.15, 0.2) is 17.5 Å². The van der Waals surface area contributed by atoms with Crippen molar-refractivity contribution in [3.8, 4) is 11.5 Å². The van der Waals surface area contributed by atoms with Crippen LogP contribution in [0.2, 0.25) is 0 Å². The Kier molecular flexibility index (Phi) is 10.9. The zero-order chi connectivity index (χ0) is 21.3. The van der Waals surface area contributed by atoms with Gasteiger partial charge >= 0.3 is 0 Å². The molecule has 7 nitrogen and oxygen atoms in total. The minimum Gasteiger partial charge on any atom is -0.504 e. The molecule has 1 aliphatic rings. The third-order valence-corrected chi connectivity index (χ3v) is 6.20. The number of aliphatic imine (C=N–C) groups is 1. The number of halogens is 1. The quantitative estimate of drug-likeness (QED) is 0.261. The molecule has 1 aromatic carbocycles. The molecule has 3 N–H and O–H groups in total. The summed E-state index contributed by atoms with van der Waals surface area (Å²) < 4.78 is 10.7. The lowest BCUT2D eigenvalue weighted by Crippen LogP contribution is -2.46. The van der Waals surface area contributed by atoms with Gasteiger partial charge in [-0.25, -0.2) is 4.99 Å². The first-order valence-electron chi connectivity index (χ1n) is 10.4. The average Bonchev–Trinajstić information content (AvgIpc) is 3.19. The van der Waals surface area contributed by atoms with E-state index in [1.807, 2.05) is 30.4 Å². The number of guanidine groups is 1. The number of benzene rings is 1. The zero-order valence-corrected chi connectivity index (χ0v) is 21.5. The standard InChI is InChI=1S/C22H32N4O3S.HI/c1-4-23-22(24-14-17-6-5-7-19(28-3)21(17)27)25-15-18(20-9-8-16(2)30-20)26-10-12-29-13-11-26;/h5-9,18,27H,4,10-15H2,1-3H3,(H2,23,24,25);1H. The lowest BCUT2D eigenvalue weighted by molar-refractivity contribution is 0.0177. The predicted molar refractivity (Wildman–Crippen MR) is 137 cm³/mol. The van der Waals surface area contributed by atoms with Crippen LogP contribution in [0.4, 0.5) is 0 Å². The molecule has 0 spiro atoms. The number of nitrogens with one attached hydrogen (secondary N) is 2. The molecule has 1 unspecified atom stereocenters. The van der Waals surface area contributed by atoms with Gasteiger partial charge in [0.05, 0.1) is 32.9 Å². The summed E-state index contributed by atoms with van der Waals surface area (Å²) in [6.45, 7) is 9.44. The van der Waals surface area contributed by atoms with Crippen molar-refractivity contribution in [2.45, 2.75) is 26.4 Å². The first-order valence-corrected chi connectivity index (χ1v) is 11.2. The molecule has 1 aliphatic heterocycles. The third-order valence-electron chi connectivity index (χ3n) is 5.09. The predicted octanol–water partition coefficient (Wildman–Crippen LogP) is 3.52. The lowest BCUT2D eigenvalue weighted by atomic mass is 10.2. The number of phenols is 1. The number of aromatic hydroxyl groups is 1. The summed E-state index contributed by atoms with van der Waals surface area (Å²) in [5.74, 6) is 1.33. The van der Waals surface area contributed by atoms with E-state index in [9.17, 15) is 5.11 Å². The lowest BCUT2D eigenvalue weighted by Gasteiger charge is -2.34. The van der Waals surface area contributed by atoms with Crippen molar-refractivity contribution in [3.63, 3.8) is 0 Å². The summed E-state index contributed by atoms with van der Waals surface area (Å²) in [6.07, 6.45) is 0. The Morgan fingerprint density at radius 3 is 2.68 bits per heavy atom. The first kappa shape index (κ1) is 25.7. The van der Waals surface area contributed by atoms with Crippen molar-refractivity contribution in [1.82, 2.24) is 15.5 Å². The highest BCUT2D eigenvalue weighted by molar-refractivity contribution is 14.0. The van der Waals surface area contributed by atoms with Crippen LogP contribution in [0.3, 0.4) is 0 Å². The molecule has 0 radical (unpaired) electrons. The molecule has 1 atom stereocenters. The smallest absolute Gasteiger partial charge is 0.191 e. The number of morpholine rings is 1. The molecule has 1 aromatic heterocycles. The van der Waals surface area contributed by atoms with Crippen molar-refractivity contribution in [2.75, 3.05) is 46.5 Å². The molecule has 0 aliphatic carbocycles. The van der Waals surface area contributed by atoms with E-state index in [0.717, 1.165) is 50.9 Å². The fourth-order valence-corrected chi connectivity index (χ4v) is 4.50. The van der Waals surface area contributed by atoms with Gasteiger partial charge in [-0.3, -0.25) is 4.90 Å². The molecular formula is C22H33IN4O3S. The van der Waals surface area contributed by atoms with Crippen LogP contribution in [-0.2, 0) is 11.3 Å². The number of rotatable bonds is 8. The number of aryl methyl sites for hydroxylation is 1. The Labute approximate surface area is 205 Å². The van der Waals surface area contributed by atoms with Crippen molar-refractivity contribution in [2.24, 2.45) is 4.99 Å². The number of phenolic OH excluding ortho intramolecular Hbond substituents is 1. The van der Waals surface area contributed by atoms with E-state index in [2.05, 4.69) is 39.6 Å². The molecule has 1 fully saturated rings. The molecule has 1 saturated heterocycles. The molecule has 0 bridgehead atoms. The molecule has 31 heavy (non-hydrogen) atoms. The second-order valence-corrected chi connectivity index (χ2v) is 8.48. The molecule has 172 valence electrons. The van der Waals surface area contributed by atoms with E-state index in [4.69, 9.17) is 9.47 Å². The summed E-state index contributed by atoms with van der Waals surface area (Å²) in [5.41, 5.74) is 0.727. The maximum Gasteiger partial charge on any atom is 0.191 e. The summed E-state index contributed by atoms with van der Waals surface area (Å²) in [4.78, 5) is 9.81. The fourth-order valence-electron chi connectivity index (χ4n) is 3.49. The van der Waals surface area contributed by atoms with Crippen LogP contribution in [0.25, 0.3) is 0 Å². The van der Waals surface area contributed by atoms with Gasteiger partial charge in [-0.2, -0.15) is 0 Å². The number of hydrogen-bond acceptors (Lipinski definition) is 6. The van der Waals surface area contributed by atoms with Crippen LogP contribution in [0, 0.1) is 6.92 Å². The molecule has 2 heterocycles. The fraction of sp³-hybridized carbons (Fsp3) is 0.500. The van der Waals surface area contributed by atoms with Gasteiger partial charge in [0.1, 0.15) is 0 Å². The largest absolute Gasteiger partial charge is 0.504 e. The molecule has 2 aromatic rings. The summed E-state index contributed by atoms with van der Waals surface area (Å²) in [6, 6.07) is 10.1. The van der Waals surface area contributed by atoms with Gasteiger partial charge in [0.25, 0.3) is 0 Å². The second kappa shape index (κ2) is 13.1. The first-order chi connectivity index (χ1) is 14.6. The minimum atomic E-state index is 0. The number of hydrogen-bond donors (Lipinski definition) is 3. The Balaban J connectivity index is 0.00000341. The van der Waals surface area contributed by atoms with Gasteiger partial charge in [0, 0.05) is 41.5 Å². The topological polar surface area (TPSA) is 78.4 Å². The summed E-state index contributed by atoms with van der Waals surface area (Å²) in [7, 11) is 1.55. The van der Waals surface area contributed by atoms with Gasteiger partial charge in [-0.05, 0) is 32.0 Å². The maximum absolute atomic E-state index is 10.3. The SMILES string of the molecule is CCNC(=NCc1cccc(OC)c1O)NCC(c1ccc(C)s1)N1CCOCC1.I. The highest BCUT2D eigenvalue weighted by atomic mass is 127. The van der Waals surface area contributed by atoms with E-state index in [-0.39, 0.29) is 35.8 Å². The van der Waals surface area contributed by atoms with Crippen molar-refractivity contribution < 1.29 is 14.6 Å². The molecule has 0 saturated carbocycles. The zero-order valence-electron chi connectivity index (χ0n) is 18.4. The summed E-state index contributed by atoms with van der Waals surface area (Å²) in [5, 5.41) is 17.1. The Morgan fingerprint density at radius 1 is 1.26 bits per heavy atom. The summed E-state index contributed by atoms with van der Waals surface area (Å²) >= 11 is 1.84. The van der Waals surface area contributed by atoms with E-state index in [1.54, 1.807) is 13.2 Å². The van der Waals surface area contributed by atoms with Crippen LogP contribution in [0.1, 0.15) is 28.3 Å². The number of nitrogens with zero attached hydrogens (tertiary/aromatic N) is 2. The normalized spacial score (nSPS) is 15.8. The molecule has 3 rings (SSSR count). The third kappa shape index (κ3) is 7.23. The van der Waals surface area contributed by atoms with E-state index >= 15 is 0 Å². The number of thiophene rings is 1. The van der Waals surface area contributed by atoms with Crippen LogP contribution in [0.15, 0.2) is 35.3 Å². The Hall–Kier alpha value is -1.56. The van der Waals surface area contributed by atoms with Gasteiger partial charge in [-0.1, -0.05) is 12.1 Å². The second-order valence-electron chi connectivity index (χ2n) is 7.16. The van der Waals surface area contributed by atoms with Crippen LogP contribution in [-0.4, -0.2) is 62.5 Å².